The molecule has 1 aliphatic rings. The normalized spacial score (nSPS) is 20.4. The van der Waals surface area contributed by atoms with Crippen molar-refractivity contribution in [2.24, 2.45) is 4.99 Å². The Balaban J connectivity index is 1.83. The molecule has 1 atom stereocenters. The van der Waals surface area contributed by atoms with Gasteiger partial charge < -0.3 is 10.6 Å². The van der Waals surface area contributed by atoms with Gasteiger partial charge in [-0.3, -0.25) is 4.99 Å². The smallest absolute Gasteiger partial charge is 0.191 e. The van der Waals surface area contributed by atoms with Gasteiger partial charge in [-0.1, -0.05) is 0 Å². The SMILES string of the molecule is Cc1csc(CNC2=NCC(C)N2)n1. The molecule has 0 aliphatic carbocycles. The van der Waals surface area contributed by atoms with Gasteiger partial charge >= 0.3 is 0 Å². The molecule has 76 valence electrons. The van der Waals surface area contributed by atoms with Crippen molar-refractivity contribution in [3.8, 4) is 0 Å². The topological polar surface area (TPSA) is 49.3 Å². The van der Waals surface area contributed by atoms with Gasteiger partial charge in [0.2, 0.25) is 0 Å². The van der Waals surface area contributed by atoms with Gasteiger partial charge in [-0.05, 0) is 13.8 Å². The third-order valence-corrected chi connectivity index (χ3v) is 2.95. The quantitative estimate of drug-likeness (QED) is 0.762. The number of aryl methyl sites for hydroxylation is 1. The van der Waals surface area contributed by atoms with E-state index in [1.807, 2.05) is 6.92 Å². The van der Waals surface area contributed by atoms with Crippen LogP contribution in [-0.2, 0) is 6.54 Å². The molecule has 1 aliphatic heterocycles. The summed E-state index contributed by atoms with van der Waals surface area (Å²) in [7, 11) is 0. The van der Waals surface area contributed by atoms with Gasteiger partial charge in [0.25, 0.3) is 0 Å². The number of aromatic nitrogens is 1. The van der Waals surface area contributed by atoms with Crippen molar-refractivity contribution in [2.75, 3.05) is 6.54 Å². The monoisotopic (exact) mass is 210 g/mol. The lowest BCUT2D eigenvalue weighted by molar-refractivity contribution is 0.713. The fourth-order valence-electron chi connectivity index (χ4n) is 1.30. The van der Waals surface area contributed by atoms with Gasteiger partial charge in [0, 0.05) is 17.1 Å². The zero-order valence-electron chi connectivity index (χ0n) is 8.37. The summed E-state index contributed by atoms with van der Waals surface area (Å²) in [6.07, 6.45) is 0. The molecule has 2 rings (SSSR count). The number of guanidine groups is 1. The van der Waals surface area contributed by atoms with Crippen molar-refractivity contribution in [2.45, 2.75) is 26.4 Å². The molecule has 0 spiro atoms. The summed E-state index contributed by atoms with van der Waals surface area (Å²) in [4.78, 5) is 8.67. The predicted octanol–water partition coefficient (Wildman–Crippen LogP) is 0.889. The molecule has 4 nitrogen and oxygen atoms in total. The Kier molecular flexibility index (Phi) is 2.67. The molecule has 0 aromatic carbocycles. The fourth-order valence-corrected chi connectivity index (χ4v) is 2.01. The summed E-state index contributed by atoms with van der Waals surface area (Å²) in [6.45, 7) is 5.75. The van der Waals surface area contributed by atoms with Crippen LogP contribution in [0.25, 0.3) is 0 Å². The maximum Gasteiger partial charge on any atom is 0.191 e. The van der Waals surface area contributed by atoms with Crippen LogP contribution >= 0.6 is 11.3 Å². The van der Waals surface area contributed by atoms with E-state index in [4.69, 9.17) is 0 Å². The zero-order chi connectivity index (χ0) is 9.97. The number of hydrogen-bond acceptors (Lipinski definition) is 5. The molecular formula is C9H14N4S. The first-order valence-corrected chi connectivity index (χ1v) is 5.58. The van der Waals surface area contributed by atoms with Crippen molar-refractivity contribution in [3.63, 3.8) is 0 Å². The standard InChI is InChI=1S/C9H14N4S/c1-6-3-10-9(13-6)11-4-8-12-7(2)5-14-8/h5-6H,3-4H2,1-2H3,(H2,10,11,13). The molecule has 5 heteroatoms. The second kappa shape index (κ2) is 3.96. The minimum atomic E-state index is 0.454. The molecule has 1 aromatic rings. The van der Waals surface area contributed by atoms with E-state index in [0.717, 1.165) is 29.8 Å². The molecule has 0 bridgehead atoms. The highest BCUT2D eigenvalue weighted by Gasteiger charge is 2.11. The van der Waals surface area contributed by atoms with Crippen LogP contribution in [0.1, 0.15) is 17.6 Å². The van der Waals surface area contributed by atoms with Crippen molar-refractivity contribution in [3.05, 3.63) is 16.1 Å². The lowest BCUT2D eigenvalue weighted by Crippen LogP contribution is -2.37. The van der Waals surface area contributed by atoms with E-state index >= 15 is 0 Å². The van der Waals surface area contributed by atoms with E-state index in [1.165, 1.54) is 0 Å². The minimum Gasteiger partial charge on any atom is -0.352 e. The van der Waals surface area contributed by atoms with Crippen molar-refractivity contribution in [1.82, 2.24) is 15.6 Å². The summed E-state index contributed by atoms with van der Waals surface area (Å²) in [5.74, 6) is 0.894. The molecular weight excluding hydrogens is 196 g/mol. The Morgan fingerprint density at radius 3 is 3.14 bits per heavy atom. The molecule has 2 N–H and O–H groups in total. The van der Waals surface area contributed by atoms with Crippen LogP contribution in [0.2, 0.25) is 0 Å². The van der Waals surface area contributed by atoms with Gasteiger partial charge in [-0.15, -0.1) is 11.3 Å². The Hall–Kier alpha value is -1.10. The molecule has 0 radical (unpaired) electrons. The predicted molar refractivity (Wildman–Crippen MR) is 58.6 cm³/mol. The molecule has 0 saturated heterocycles. The maximum absolute atomic E-state index is 4.36. The number of thiazole rings is 1. The van der Waals surface area contributed by atoms with E-state index in [1.54, 1.807) is 11.3 Å². The molecule has 14 heavy (non-hydrogen) atoms. The van der Waals surface area contributed by atoms with Crippen LogP contribution in [0.5, 0.6) is 0 Å². The Morgan fingerprint density at radius 1 is 1.71 bits per heavy atom. The fraction of sp³-hybridized carbons (Fsp3) is 0.556. The number of nitrogens with zero attached hydrogens (tertiary/aromatic N) is 2. The first-order valence-electron chi connectivity index (χ1n) is 4.70. The molecule has 2 heterocycles. The van der Waals surface area contributed by atoms with Gasteiger partial charge in [0.05, 0.1) is 13.1 Å². The van der Waals surface area contributed by atoms with Crippen molar-refractivity contribution >= 4 is 17.3 Å². The summed E-state index contributed by atoms with van der Waals surface area (Å²) in [5.41, 5.74) is 1.08. The Bertz CT molecular complexity index is 344. The second-order valence-electron chi connectivity index (χ2n) is 3.47. The number of aliphatic imine (C=N–C) groups is 1. The van der Waals surface area contributed by atoms with E-state index in [-0.39, 0.29) is 0 Å². The number of nitrogens with one attached hydrogen (secondary N) is 2. The molecule has 0 fully saturated rings. The number of rotatable bonds is 2. The first-order chi connectivity index (χ1) is 6.74. The third kappa shape index (κ3) is 2.23. The van der Waals surface area contributed by atoms with E-state index in [0.29, 0.717) is 6.04 Å². The zero-order valence-corrected chi connectivity index (χ0v) is 9.19. The summed E-state index contributed by atoms with van der Waals surface area (Å²) < 4.78 is 0. The van der Waals surface area contributed by atoms with Gasteiger partial charge in [-0.25, -0.2) is 4.98 Å². The highest BCUT2D eigenvalue weighted by atomic mass is 32.1. The minimum absolute atomic E-state index is 0.454. The van der Waals surface area contributed by atoms with Gasteiger partial charge in [0.15, 0.2) is 5.96 Å². The molecule has 0 amide bonds. The van der Waals surface area contributed by atoms with Gasteiger partial charge in [0.1, 0.15) is 5.01 Å². The summed E-state index contributed by atoms with van der Waals surface area (Å²) >= 11 is 1.68. The molecule has 1 unspecified atom stereocenters. The van der Waals surface area contributed by atoms with Crippen LogP contribution in [0.15, 0.2) is 10.4 Å². The Morgan fingerprint density at radius 2 is 2.57 bits per heavy atom. The molecule has 1 aromatic heterocycles. The average molecular weight is 210 g/mol. The average Bonchev–Trinajstić information content (AvgIpc) is 2.72. The van der Waals surface area contributed by atoms with E-state index in [9.17, 15) is 0 Å². The first kappa shape index (κ1) is 9.45. The van der Waals surface area contributed by atoms with Crippen LogP contribution in [-0.4, -0.2) is 23.5 Å². The lowest BCUT2D eigenvalue weighted by Gasteiger charge is -2.06. The lowest BCUT2D eigenvalue weighted by atomic mass is 10.4. The highest BCUT2D eigenvalue weighted by molar-refractivity contribution is 7.09. The third-order valence-electron chi connectivity index (χ3n) is 1.98. The van der Waals surface area contributed by atoms with Crippen LogP contribution in [0, 0.1) is 6.92 Å². The second-order valence-corrected chi connectivity index (χ2v) is 4.41. The van der Waals surface area contributed by atoms with E-state index < -0.39 is 0 Å². The summed E-state index contributed by atoms with van der Waals surface area (Å²) in [5, 5.41) is 9.64. The van der Waals surface area contributed by atoms with Gasteiger partial charge in [-0.2, -0.15) is 0 Å². The maximum atomic E-state index is 4.36. The van der Waals surface area contributed by atoms with E-state index in [2.05, 4.69) is 32.9 Å². The Labute approximate surface area is 87.5 Å². The van der Waals surface area contributed by atoms with Crippen LogP contribution < -0.4 is 10.6 Å². The van der Waals surface area contributed by atoms with Crippen molar-refractivity contribution < 1.29 is 0 Å². The molecule has 0 saturated carbocycles. The number of hydrogen-bond donors (Lipinski definition) is 2. The highest BCUT2D eigenvalue weighted by Crippen LogP contribution is 2.07. The van der Waals surface area contributed by atoms with Crippen LogP contribution in [0.4, 0.5) is 0 Å². The summed E-state index contributed by atoms with van der Waals surface area (Å²) in [6, 6.07) is 0.454. The largest absolute Gasteiger partial charge is 0.352 e. The van der Waals surface area contributed by atoms with Crippen LogP contribution in [0.3, 0.4) is 0 Å². The van der Waals surface area contributed by atoms with Crippen molar-refractivity contribution in [1.29, 1.82) is 0 Å².